The van der Waals surface area contributed by atoms with Crippen molar-refractivity contribution < 1.29 is 0 Å². The zero-order valence-corrected chi connectivity index (χ0v) is 8.27. The summed E-state index contributed by atoms with van der Waals surface area (Å²) in [4.78, 5) is 4.77. The van der Waals surface area contributed by atoms with Crippen LogP contribution in [-0.2, 0) is 0 Å². The van der Waals surface area contributed by atoms with E-state index in [4.69, 9.17) is 0 Å². The summed E-state index contributed by atoms with van der Waals surface area (Å²) in [7, 11) is 4.36. The van der Waals surface area contributed by atoms with Crippen LogP contribution in [-0.4, -0.2) is 37.0 Å². The van der Waals surface area contributed by atoms with Gasteiger partial charge in [0.15, 0.2) is 0 Å². The standard InChI is InChI=1S/C11H16N2/c1-12-8-9-13(2)11(12)10-6-4-3-5-7-10/h3-7,11H,8-9H2,1-2H3. The first-order valence-corrected chi connectivity index (χ1v) is 4.74. The molecule has 2 rings (SSSR count). The summed E-state index contributed by atoms with van der Waals surface area (Å²) < 4.78 is 0. The Balaban J connectivity index is 2.25. The van der Waals surface area contributed by atoms with Gasteiger partial charge in [-0.25, -0.2) is 0 Å². The molecule has 0 radical (unpaired) electrons. The van der Waals surface area contributed by atoms with Gasteiger partial charge in [0.05, 0.1) is 6.17 Å². The van der Waals surface area contributed by atoms with Gasteiger partial charge in [0, 0.05) is 13.1 Å². The minimum Gasteiger partial charge on any atom is -0.286 e. The fourth-order valence-electron chi connectivity index (χ4n) is 2.03. The Hall–Kier alpha value is -0.860. The summed E-state index contributed by atoms with van der Waals surface area (Å²) in [5.41, 5.74) is 1.39. The van der Waals surface area contributed by atoms with Gasteiger partial charge < -0.3 is 0 Å². The lowest BCUT2D eigenvalue weighted by Gasteiger charge is -2.25. The molecular weight excluding hydrogens is 160 g/mol. The van der Waals surface area contributed by atoms with Crippen LogP contribution in [0.2, 0.25) is 0 Å². The zero-order valence-electron chi connectivity index (χ0n) is 8.27. The van der Waals surface area contributed by atoms with Gasteiger partial charge in [0.2, 0.25) is 0 Å². The molecule has 0 aliphatic carbocycles. The zero-order chi connectivity index (χ0) is 9.26. The quantitative estimate of drug-likeness (QED) is 0.640. The van der Waals surface area contributed by atoms with Crippen molar-refractivity contribution in [3.05, 3.63) is 35.9 Å². The molecule has 1 aromatic carbocycles. The number of hydrogen-bond acceptors (Lipinski definition) is 2. The molecule has 1 saturated heterocycles. The molecule has 0 amide bonds. The van der Waals surface area contributed by atoms with Crippen LogP contribution in [0.1, 0.15) is 11.7 Å². The van der Waals surface area contributed by atoms with Crippen molar-refractivity contribution in [1.82, 2.24) is 9.80 Å². The van der Waals surface area contributed by atoms with Crippen LogP contribution in [0.15, 0.2) is 30.3 Å². The molecular formula is C11H16N2. The van der Waals surface area contributed by atoms with E-state index in [-0.39, 0.29) is 0 Å². The Morgan fingerprint density at radius 2 is 1.54 bits per heavy atom. The lowest BCUT2D eigenvalue weighted by Crippen LogP contribution is -2.25. The molecule has 0 atom stereocenters. The number of likely N-dealkylation sites (N-methyl/N-ethyl adjacent to an activating group) is 2. The van der Waals surface area contributed by atoms with E-state index >= 15 is 0 Å². The van der Waals surface area contributed by atoms with Crippen molar-refractivity contribution in [3.8, 4) is 0 Å². The molecule has 0 bridgehead atoms. The van der Waals surface area contributed by atoms with E-state index in [9.17, 15) is 0 Å². The minimum atomic E-state index is 0.473. The number of nitrogens with zero attached hydrogens (tertiary/aromatic N) is 2. The molecule has 70 valence electrons. The summed E-state index contributed by atoms with van der Waals surface area (Å²) >= 11 is 0. The average molecular weight is 176 g/mol. The first-order chi connectivity index (χ1) is 6.29. The van der Waals surface area contributed by atoms with Gasteiger partial charge in [-0.1, -0.05) is 30.3 Å². The Bertz CT molecular complexity index is 261. The van der Waals surface area contributed by atoms with Crippen LogP contribution in [0.25, 0.3) is 0 Å². The van der Waals surface area contributed by atoms with E-state index < -0.39 is 0 Å². The van der Waals surface area contributed by atoms with Gasteiger partial charge in [0.25, 0.3) is 0 Å². The fraction of sp³-hybridized carbons (Fsp3) is 0.455. The molecule has 2 heteroatoms. The maximum atomic E-state index is 2.38. The van der Waals surface area contributed by atoms with Gasteiger partial charge in [-0.2, -0.15) is 0 Å². The van der Waals surface area contributed by atoms with Gasteiger partial charge in [-0.3, -0.25) is 9.80 Å². The second-order valence-electron chi connectivity index (χ2n) is 3.75. The third-order valence-corrected chi connectivity index (χ3v) is 2.74. The second kappa shape index (κ2) is 3.48. The van der Waals surface area contributed by atoms with Gasteiger partial charge in [0.1, 0.15) is 0 Å². The highest BCUT2D eigenvalue weighted by Crippen LogP contribution is 2.26. The highest BCUT2D eigenvalue weighted by Gasteiger charge is 2.26. The van der Waals surface area contributed by atoms with Crippen molar-refractivity contribution in [3.63, 3.8) is 0 Å². The average Bonchev–Trinajstić information content (AvgIpc) is 2.48. The van der Waals surface area contributed by atoms with Crippen LogP contribution < -0.4 is 0 Å². The first kappa shape index (κ1) is 8.73. The van der Waals surface area contributed by atoms with Crippen LogP contribution in [0.3, 0.4) is 0 Å². The summed E-state index contributed by atoms with van der Waals surface area (Å²) in [5.74, 6) is 0. The van der Waals surface area contributed by atoms with Crippen molar-refractivity contribution in [2.24, 2.45) is 0 Å². The molecule has 0 aromatic heterocycles. The van der Waals surface area contributed by atoms with E-state index in [0.717, 1.165) is 13.1 Å². The molecule has 1 aliphatic rings. The second-order valence-corrected chi connectivity index (χ2v) is 3.75. The van der Waals surface area contributed by atoms with Crippen molar-refractivity contribution >= 4 is 0 Å². The van der Waals surface area contributed by atoms with Crippen molar-refractivity contribution in [2.45, 2.75) is 6.17 Å². The summed E-state index contributed by atoms with van der Waals surface area (Å²) in [6, 6.07) is 10.7. The molecule has 0 N–H and O–H groups in total. The normalized spacial score (nSPS) is 21.1. The van der Waals surface area contributed by atoms with E-state index in [2.05, 4.69) is 54.2 Å². The van der Waals surface area contributed by atoms with E-state index in [1.165, 1.54) is 5.56 Å². The van der Waals surface area contributed by atoms with E-state index in [1.807, 2.05) is 0 Å². The number of rotatable bonds is 1. The molecule has 0 saturated carbocycles. The number of hydrogen-bond donors (Lipinski definition) is 0. The van der Waals surface area contributed by atoms with Gasteiger partial charge >= 0.3 is 0 Å². The van der Waals surface area contributed by atoms with E-state index in [0.29, 0.717) is 6.17 Å². The van der Waals surface area contributed by atoms with Crippen molar-refractivity contribution in [2.75, 3.05) is 27.2 Å². The third kappa shape index (κ3) is 1.60. The topological polar surface area (TPSA) is 6.48 Å². The molecule has 2 nitrogen and oxygen atoms in total. The maximum Gasteiger partial charge on any atom is 0.0882 e. The highest BCUT2D eigenvalue weighted by molar-refractivity contribution is 5.19. The SMILES string of the molecule is CN1CCN(C)C1c1ccccc1. The molecule has 1 heterocycles. The fourth-order valence-corrected chi connectivity index (χ4v) is 2.03. The highest BCUT2D eigenvalue weighted by atomic mass is 15.4. The summed E-state index contributed by atoms with van der Waals surface area (Å²) in [5, 5.41) is 0. The Kier molecular flexibility index (Phi) is 2.34. The molecule has 1 aliphatic heterocycles. The summed E-state index contributed by atoms with van der Waals surface area (Å²) in [6.45, 7) is 2.33. The van der Waals surface area contributed by atoms with Crippen molar-refractivity contribution in [1.29, 1.82) is 0 Å². The molecule has 0 spiro atoms. The van der Waals surface area contributed by atoms with Crippen LogP contribution in [0, 0.1) is 0 Å². The Labute approximate surface area is 79.8 Å². The van der Waals surface area contributed by atoms with Crippen LogP contribution in [0.4, 0.5) is 0 Å². The van der Waals surface area contributed by atoms with E-state index in [1.54, 1.807) is 0 Å². The predicted octanol–water partition coefficient (Wildman–Crippen LogP) is 1.56. The van der Waals surface area contributed by atoms with Gasteiger partial charge in [-0.05, 0) is 19.7 Å². The van der Waals surface area contributed by atoms with Gasteiger partial charge in [-0.15, -0.1) is 0 Å². The monoisotopic (exact) mass is 176 g/mol. The summed E-state index contributed by atoms with van der Waals surface area (Å²) in [6.07, 6.45) is 0.473. The number of benzene rings is 1. The molecule has 1 fully saturated rings. The Morgan fingerprint density at radius 1 is 1.00 bits per heavy atom. The largest absolute Gasteiger partial charge is 0.286 e. The van der Waals surface area contributed by atoms with Crippen LogP contribution in [0.5, 0.6) is 0 Å². The molecule has 0 unspecified atom stereocenters. The predicted molar refractivity (Wildman–Crippen MR) is 54.4 cm³/mol. The lowest BCUT2D eigenvalue weighted by molar-refractivity contribution is 0.190. The van der Waals surface area contributed by atoms with Crippen LogP contribution >= 0.6 is 0 Å². The smallest absolute Gasteiger partial charge is 0.0882 e. The minimum absolute atomic E-state index is 0.473. The Morgan fingerprint density at radius 3 is 2.08 bits per heavy atom. The molecule has 1 aromatic rings. The molecule has 13 heavy (non-hydrogen) atoms. The maximum absolute atomic E-state index is 2.38. The lowest BCUT2D eigenvalue weighted by atomic mass is 10.1. The third-order valence-electron chi connectivity index (χ3n) is 2.74. The first-order valence-electron chi connectivity index (χ1n) is 4.74.